The SMILES string of the molecule is CSc1ccc(Cl)c(C(=O)OCc2nc(N)nc(N)n2)c1. The van der Waals surface area contributed by atoms with Gasteiger partial charge in [0.25, 0.3) is 0 Å². The van der Waals surface area contributed by atoms with Gasteiger partial charge in [0.2, 0.25) is 11.9 Å². The molecule has 0 amide bonds. The molecule has 0 radical (unpaired) electrons. The molecule has 0 aliphatic carbocycles. The summed E-state index contributed by atoms with van der Waals surface area (Å²) in [7, 11) is 0. The standard InChI is InChI=1S/C12H12ClN5O2S/c1-21-6-2-3-8(13)7(4-6)10(19)20-5-9-16-11(14)18-12(15)17-9/h2-4H,5H2,1H3,(H4,14,15,16,17,18). The summed E-state index contributed by atoms with van der Waals surface area (Å²) in [4.78, 5) is 24.2. The predicted molar refractivity (Wildman–Crippen MR) is 81.0 cm³/mol. The number of esters is 1. The van der Waals surface area contributed by atoms with Crippen molar-refractivity contribution in [3.8, 4) is 0 Å². The number of anilines is 2. The summed E-state index contributed by atoms with van der Waals surface area (Å²) in [5.41, 5.74) is 11.1. The molecular weight excluding hydrogens is 314 g/mol. The fourth-order valence-electron chi connectivity index (χ4n) is 1.52. The number of nitrogens with two attached hydrogens (primary N) is 2. The Labute approximate surface area is 130 Å². The maximum Gasteiger partial charge on any atom is 0.340 e. The third-order valence-electron chi connectivity index (χ3n) is 2.44. The number of hydrogen-bond acceptors (Lipinski definition) is 8. The Hall–Kier alpha value is -2.06. The Kier molecular flexibility index (Phi) is 4.81. The molecule has 110 valence electrons. The largest absolute Gasteiger partial charge is 0.454 e. The summed E-state index contributed by atoms with van der Waals surface area (Å²) in [6.07, 6.45) is 1.90. The van der Waals surface area contributed by atoms with Crippen LogP contribution in [0.25, 0.3) is 0 Å². The number of benzene rings is 1. The lowest BCUT2D eigenvalue weighted by atomic mass is 10.2. The third-order valence-corrected chi connectivity index (χ3v) is 3.50. The Morgan fingerprint density at radius 1 is 1.29 bits per heavy atom. The van der Waals surface area contributed by atoms with Crippen molar-refractivity contribution in [3.05, 3.63) is 34.6 Å². The maximum absolute atomic E-state index is 12.0. The first kappa shape index (κ1) is 15.3. The van der Waals surface area contributed by atoms with E-state index in [-0.39, 0.29) is 29.9 Å². The smallest absolute Gasteiger partial charge is 0.340 e. The van der Waals surface area contributed by atoms with Crippen LogP contribution in [0.2, 0.25) is 5.02 Å². The zero-order valence-electron chi connectivity index (χ0n) is 11.0. The van der Waals surface area contributed by atoms with Gasteiger partial charge in [-0.05, 0) is 24.5 Å². The van der Waals surface area contributed by atoms with E-state index in [0.29, 0.717) is 5.02 Å². The molecule has 1 aromatic heterocycles. The highest BCUT2D eigenvalue weighted by atomic mass is 35.5. The van der Waals surface area contributed by atoms with Crippen molar-refractivity contribution in [1.82, 2.24) is 15.0 Å². The van der Waals surface area contributed by atoms with Crippen LogP contribution >= 0.6 is 23.4 Å². The molecule has 0 saturated carbocycles. The van der Waals surface area contributed by atoms with E-state index in [1.807, 2.05) is 12.3 Å². The third kappa shape index (κ3) is 3.96. The van der Waals surface area contributed by atoms with Gasteiger partial charge in [-0.1, -0.05) is 11.6 Å². The molecular formula is C12H12ClN5O2S. The van der Waals surface area contributed by atoms with Crippen LogP contribution in [0.15, 0.2) is 23.1 Å². The second-order valence-electron chi connectivity index (χ2n) is 3.89. The normalized spacial score (nSPS) is 10.4. The second kappa shape index (κ2) is 6.59. The molecule has 0 unspecified atom stereocenters. The van der Waals surface area contributed by atoms with E-state index >= 15 is 0 Å². The summed E-state index contributed by atoms with van der Waals surface area (Å²) in [5.74, 6) is -0.467. The van der Waals surface area contributed by atoms with E-state index in [9.17, 15) is 4.79 Å². The Morgan fingerprint density at radius 2 is 1.95 bits per heavy atom. The molecule has 0 aliphatic rings. The van der Waals surface area contributed by atoms with Crippen molar-refractivity contribution >= 4 is 41.2 Å². The van der Waals surface area contributed by atoms with Crippen molar-refractivity contribution in [2.75, 3.05) is 17.7 Å². The van der Waals surface area contributed by atoms with Crippen molar-refractivity contribution in [3.63, 3.8) is 0 Å². The monoisotopic (exact) mass is 325 g/mol. The lowest BCUT2D eigenvalue weighted by molar-refractivity contribution is 0.0462. The van der Waals surface area contributed by atoms with Gasteiger partial charge >= 0.3 is 5.97 Å². The van der Waals surface area contributed by atoms with E-state index in [1.54, 1.807) is 12.1 Å². The van der Waals surface area contributed by atoms with Crippen molar-refractivity contribution < 1.29 is 9.53 Å². The molecule has 2 rings (SSSR count). The fourth-order valence-corrected chi connectivity index (χ4v) is 2.15. The highest BCUT2D eigenvalue weighted by molar-refractivity contribution is 7.98. The first-order chi connectivity index (χ1) is 9.99. The van der Waals surface area contributed by atoms with E-state index < -0.39 is 5.97 Å². The van der Waals surface area contributed by atoms with E-state index in [2.05, 4.69) is 15.0 Å². The molecule has 7 nitrogen and oxygen atoms in total. The van der Waals surface area contributed by atoms with Crippen LogP contribution in [-0.4, -0.2) is 27.2 Å². The molecule has 21 heavy (non-hydrogen) atoms. The lowest BCUT2D eigenvalue weighted by Gasteiger charge is -2.07. The molecule has 0 aliphatic heterocycles. The number of rotatable bonds is 4. The van der Waals surface area contributed by atoms with Crippen molar-refractivity contribution in [2.24, 2.45) is 0 Å². The molecule has 4 N–H and O–H groups in total. The minimum absolute atomic E-state index is 0.0315. The number of carbonyl (C=O) groups is 1. The molecule has 0 fully saturated rings. The second-order valence-corrected chi connectivity index (χ2v) is 5.18. The van der Waals surface area contributed by atoms with Crippen LogP contribution in [0, 0.1) is 0 Å². The molecule has 1 heterocycles. The number of hydrogen-bond donors (Lipinski definition) is 2. The van der Waals surface area contributed by atoms with Gasteiger partial charge in [0, 0.05) is 4.90 Å². The quantitative estimate of drug-likeness (QED) is 0.645. The van der Waals surface area contributed by atoms with Crippen LogP contribution in [0.4, 0.5) is 11.9 Å². The Morgan fingerprint density at radius 3 is 2.57 bits per heavy atom. The number of aromatic nitrogens is 3. The fraction of sp³-hybridized carbons (Fsp3) is 0.167. The number of nitrogen functional groups attached to an aromatic ring is 2. The summed E-state index contributed by atoms with van der Waals surface area (Å²) < 4.78 is 5.11. The number of thioether (sulfide) groups is 1. The molecule has 0 atom stereocenters. The van der Waals surface area contributed by atoms with E-state index in [4.69, 9.17) is 27.8 Å². The van der Waals surface area contributed by atoms with Gasteiger partial charge in [0.1, 0.15) is 0 Å². The first-order valence-electron chi connectivity index (χ1n) is 5.76. The first-order valence-corrected chi connectivity index (χ1v) is 7.36. The van der Waals surface area contributed by atoms with Gasteiger partial charge in [-0.25, -0.2) is 4.79 Å². The Balaban J connectivity index is 2.11. The molecule has 9 heteroatoms. The molecule has 2 aromatic rings. The lowest BCUT2D eigenvalue weighted by Crippen LogP contribution is -2.11. The number of halogens is 1. The molecule has 0 bridgehead atoms. The molecule has 0 spiro atoms. The van der Waals surface area contributed by atoms with Crippen LogP contribution in [0.3, 0.4) is 0 Å². The minimum Gasteiger partial charge on any atom is -0.454 e. The average molecular weight is 326 g/mol. The van der Waals surface area contributed by atoms with Crippen molar-refractivity contribution in [1.29, 1.82) is 0 Å². The highest BCUT2D eigenvalue weighted by Crippen LogP contribution is 2.23. The average Bonchev–Trinajstić information content (AvgIpc) is 2.44. The summed E-state index contributed by atoms with van der Waals surface area (Å²) in [6, 6.07) is 5.12. The van der Waals surface area contributed by atoms with E-state index in [1.165, 1.54) is 11.8 Å². The van der Waals surface area contributed by atoms with Crippen LogP contribution in [0.1, 0.15) is 16.2 Å². The number of nitrogens with zero attached hydrogens (tertiary/aromatic N) is 3. The number of ether oxygens (including phenoxy) is 1. The predicted octanol–water partition coefficient (Wildman–Crippen LogP) is 1.77. The van der Waals surface area contributed by atoms with E-state index in [0.717, 1.165) is 4.90 Å². The summed E-state index contributed by atoms with van der Waals surface area (Å²) >= 11 is 7.48. The maximum atomic E-state index is 12.0. The Bertz CT molecular complexity index is 662. The van der Waals surface area contributed by atoms with Gasteiger partial charge in [-0.3, -0.25) is 0 Å². The van der Waals surface area contributed by atoms with Gasteiger partial charge in [-0.2, -0.15) is 15.0 Å². The number of carbonyl (C=O) groups excluding carboxylic acids is 1. The van der Waals surface area contributed by atoms with Gasteiger partial charge in [-0.15, -0.1) is 11.8 Å². The summed E-state index contributed by atoms with van der Waals surface area (Å²) in [6.45, 7) is -0.171. The van der Waals surface area contributed by atoms with Gasteiger partial charge in [0.05, 0.1) is 10.6 Å². The topological polar surface area (TPSA) is 117 Å². The highest BCUT2D eigenvalue weighted by Gasteiger charge is 2.14. The van der Waals surface area contributed by atoms with Gasteiger partial charge in [0.15, 0.2) is 12.4 Å². The summed E-state index contributed by atoms with van der Waals surface area (Å²) in [5, 5.41) is 0.312. The van der Waals surface area contributed by atoms with Crippen molar-refractivity contribution in [2.45, 2.75) is 11.5 Å². The van der Waals surface area contributed by atoms with Crippen LogP contribution in [-0.2, 0) is 11.3 Å². The molecule has 1 aromatic carbocycles. The van der Waals surface area contributed by atoms with Crippen LogP contribution in [0.5, 0.6) is 0 Å². The molecule has 0 saturated heterocycles. The zero-order valence-corrected chi connectivity index (χ0v) is 12.6. The zero-order chi connectivity index (χ0) is 15.4. The van der Waals surface area contributed by atoms with Crippen LogP contribution < -0.4 is 11.5 Å². The minimum atomic E-state index is -0.576. The van der Waals surface area contributed by atoms with Gasteiger partial charge < -0.3 is 16.2 Å².